The number of hydrogen-bond donors (Lipinski definition) is 4. The monoisotopic (exact) mass is 313 g/mol. The van der Waals surface area contributed by atoms with Gasteiger partial charge < -0.3 is 15.7 Å². The van der Waals surface area contributed by atoms with Gasteiger partial charge in [0.2, 0.25) is 10.0 Å². The van der Waals surface area contributed by atoms with Gasteiger partial charge in [-0.15, -0.1) is 0 Å². The molecular formula is C14H23N3O3S. The molecular weight excluding hydrogens is 290 g/mol. The van der Waals surface area contributed by atoms with E-state index in [1.54, 1.807) is 25.1 Å². The van der Waals surface area contributed by atoms with E-state index in [4.69, 9.17) is 5.11 Å². The summed E-state index contributed by atoms with van der Waals surface area (Å²) < 4.78 is 27.3. The Morgan fingerprint density at radius 2 is 2.00 bits per heavy atom. The average Bonchev–Trinajstić information content (AvgIpc) is 3.21. The summed E-state index contributed by atoms with van der Waals surface area (Å²) in [4.78, 5) is 0.285. The van der Waals surface area contributed by atoms with E-state index in [1.807, 2.05) is 6.07 Å². The second-order valence-electron chi connectivity index (χ2n) is 5.37. The zero-order chi connectivity index (χ0) is 15.3. The van der Waals surface area contributed by atoms with Gasteiger partial charge in [0.05, 0.1) is 11.8 Å². The summed E-state index contributed by atoms with van der Waals surface area (Å²) >= 11 is 0. The predicted molar refractivity (Wildman–Crippen MR) is 82.8 cm³/mol. The van der Waals surface area contributed by atoms with Gasteiger partial charge >= 0.3 is 0 Å². The Morgan fingerprint density at radius 3 is 2.67 bits per heavy atom. The highest BCUT2D eigenvalue weighted by molar-refractivity contribution is 7.89. The van der Waals surface area contributed by atoms with Crippen LogP contribution in [0, 0.1) is 0 Å². The van der Waals surface area contributed by atoms with Crippen molar-refractivity contribution in [2.24, 2.45) is 0 Å². The molecule has 1 aromatic rings. The van der Waals surface area contributed by atoms with Crippen LogP contribution in [0.25, 0.3) is 0 Å². The minimum atomic E-state index is -3.46. The number of anilines is 1. The lowest BCUT2D eigenvalue weighted by atomic mass is 10.3. The molecule has 4 N–H and O–H groups in total. The Kier molecular flexibility index (Phi) is 5.58. The molecule has 1 saturated carbocycles. The van der Waals surface area contributed by atoms with Crippen LogP contribution in [-0.4, -0.2) is 45.3 Å². The van der Waals surface area contributed by atoms with E-state index in [-0.39, 0.29) is 17.0 Å². The molecule has 1 aromatic carbocycles. The first-order chi connectivity index (χ1) is 9.99. The molecule has 6 nitrogen and oxygen atoms in total. The Labute approximate surface area is 126 Å². The van der Waals surface area contributed by atoms with E-state index >= 15 is 0 Å². The van der Waals surface area contributed by atoms with Gasteiger partial charge in [-0.25, -0.2) is 13.1 Å². The lowest BCUT2D eigenvalue weighted by Gasteiger charge is -2.13. The molecule has 0 bridgehead atoms. The van der Waals surface area contributed by atoms with Crippen molar-refractivity contribution in [3.05, 3.63) is 24.3 Å². The molecule has 118 valence electrons. The SMILES string of the molecule is CC(O)CNCCNc1ccccc1S(=O)(=O)NC1CC1. The van der Waals surface area contributed by atoms with Crippen LogP contribution in [0.5, 0.6) is 0 Å². The second-order valence-corrected chi connectivity index (χ2v) is 7.05. The van der Waals surface area contributed by atoms with Gasteiger partial charge in [-0.2, -0.15) is 0 Å². The maximum absolute atomic E-state index is 12.3. The number of nitrogens with one attached hydrogen (secondary N) is 3. The number of aliphatic hydroxyl groups excluding tert-OH is 1. The highest BCUT2D eigenvalue weighted by Gasteiger charge is 2.29. The Hall–Kier alpha value is -1.15. The normalized spacial score (nSPS) is 16.7. The first kappa shape index (κ1) is 16.2. The van der Waals surface area contributed by atoms with Crippen LogP contribution >= 0.6 is 0 Å². The number of aliphatic hydroxyl groups is 1. The summed E-state index contributed by atoms with van der Waals surface area (Å²) in [6.45, 7) is 3.47. The molecule has 7 heteroatoms. The van der Waals surface area contributed by atoms with Crippen molar-refractivity contribution in [1.29, 1.82) is 0 Å². The van der Waals surface area contributed by atoms with Gasteiger partial charge in [-0.1, -0.05) is 12.1 Å². The number of rotatable bonds is 9. The first-order valence-electron chi connectivity index (χ1n) is 7.23. The van der Waals surface area contributed by atoms with Crippen LogP contribution in [0.4, 0.5) is 5.69 Å². The molecule has 0 aromatic heterocycles. The third-order valence-corrected chi connectivity index (χ3v) is 4.71. The van der Waals surface area contributed by atoms with Crippen molar-refractivity contribution in [2.75, 3.05) is 25.0 Å². The molecule has 0 amide bonds. The zero-order valence-electron chi connectivity index (χ0n) is 12.2. The largest absolute Gasteiger partial charge is 0.392 e. The van der Waals surface area contributed by atoms with Crippen LogP contribution in [0.1, 0.15) is 19.8 Å². The fraction of sp³-hybridized carbons (Fsp3) is 0.571. The minimum Gasteiger partial charge on any atom is -0.392 e. The van der Waals surface area contributed by atoms with Gasteiger partial charge in [-0.3, -0.25) is 0 Å². The fourth-order valence-corrected chi connectivity index (χ4v) is 3.42. The highest BCUT2D eigenvalue weighted by Crippen LogP contribution is 2.25. The number of para-hydroxylation sites is 1. The summed E-state index contributed by atoms with van der Waals surface area (Å²) in [6.07, 6.45) is 1.44. The first-order valence-corrected chi connectivity index (χ1v) is 8.71. The molecule has 0 saturated heterocycles. The highest BCUT2D eigenvalue weighted by atomic mass is 32.2. The third-order valence-electron chi connectivity index (χ3n) is 3.13. The van der Waals surface area contributed by atoms with E-state index in [1.165, 1.54) is 0 Å². The maximum atomic E-state index is 12.3. The number of benzene rings is 1. The Balaban J connectivity index is 1.93. The van der Waals surface area contributed by atoms with E-state index in [0.717, 1.165) is 12.8 Å². The Morgan fingerprint density at radius 1 is 1.29 bits per heavy atom. The maximum Gasteiger partial charge on any atom is 0.242 e. The van der Waals surface area contributed by atoms with Crippen LogP contribution in [0.2, 0.25) is 0 Å². The minimum absolute atomic E-state index is 0.0933. The summed E-state index contributed by atoms with van der Waals surface area (Å²) in [5.74, 6) is 0. The van der Waals surface area contributed by atoms with Crippen molar-refractivity contribution in [2.45, 2.75) is 36.8 Å². The van der Waals surface area contributed by atoms with Crippen LogP contribution in [0.15, 0.2) is 29.2 Å². The number of hydrogen-bond acceptors (Lipinski definition) is 5. The van der Waals surface area contributed by atoms with E-state index < -0.39 is 10.0 Å². The fourth-order valence-electron chi connectivity index (χ4n) is 1.93. The second kappa shape index (κ2) is 7.22. The van der Waals surface area contributed by atoms with Crippen LogP contribution in [0.3, 0.4) is 0 Å². The summed E-state index contributed by atoms with van der Waals surface area (Å²) in [6, 6.07) is 6.99. The molecule has 1 unspecified atom stereocenters. The molecule has 21 heavy (non-hydrogen) atoms. The van der Waals surface area contributed by atoms with Crippen molar-refractivity contribution in [1.82, 2.24) is 10.0 Å². The molecule has 0 spiro atoms. The molecule has 0 radical (unpaired) electrons. The van der Waals surface area contributed by atoms with Crippen LogP contribution < -0.4 is 15.4 Å². The van der Waals surface area contributed by atoms with Crippen LogP contribution in [-0.2, 0) is 10.0 Å². The lowest BCUT2D eigenvalue weighted by molar-refractivity contribution is 0.192. The molecule has 0 heterocycles. The molecule has 2 rings (SSSR count). The van der Waals surface area contributed by atoms with Gasteiger partial charge in [0.1, 0.15) is 4.90 Å². The summed E-state index contributed by atoms with van der Waals surface area (Å²) in [5, 5.41) is 15.3. The van der Waals surface area contributed by atoms with E-state index in [0.29, 0.717) is 25.3 Å². The third kappa shape index (κ3) is 5.28. The van der Waals surface area contributed by atoms with Crippen molar-refractivity contribution in [3.63, 3.8) is 0 Å². The Bertz CT molecular complexity index is 556. The molecule has 1 fully saturated rings. The van der Waals surface area contributed by atoms with Gasteiger partial charge in [0.15, 0.2) is 0 Å². The zero-order valence-corrected chi connectivity index (χ0v) is 13.0. The smallest absolute Gasteiger partial charge is 0.242 e. The van der Waals surface area contributed by atoms with E-state index in [9.17, 15) is 8.42 Å². The standard InChI is InChI=1S/C14H23N3O3S/c1-11(18)10-15-8-9-16-13-4-2-3-5-14(13)21(19,20)17-12-6-7-12/h2-5,11-12,15-18H,6-10H2,1H3. The molecule has 0 aliphatic heterocycles. The summed E-state index contributed by atoms with van der Waals surface area (Å²) in [7, 11) is -3.46. The number of sulfonamides is 1. The van der Waals surface area contributed by atoms with Gasteiger partial charge in [0, 0.05) is 25.7 Å². The molecule has 1 atom stereocenters. The van der Waals surface area contributed by atoms with Crippen molar-refractivity contribution < 1.29 is 13.5 Å². The molecule has 1 aliphatic carbocycles. The summed E-state index contributed by atoms with van der Waals surface area (Å²) in [5.41, 5.74) is 0.601. The van der Waals surface area contributed by atoms with E-state index in [2.05, 4.69) is 15.4 Å². The van der Waals surface area contributed by atoms with Crippen molar-refractivity contribution >= 4 is 15.7 Å². The lowest BCUT2D eigenvalue weighted by Crippen LogP contribution is -2.30. The predicted octanol–water partition coefficient (Wildman–Crippen LogP) is 0.510. The average molecular weight is 313 g/mol. The van der Waals surface area contributed by atoms with Gasteiger partial charge in [-0.05, 0) is 31.9 Å². The van der Waals surface area contributed by atoms with Gasteiger partial charge in [0.25, 0.3) is 0 Å². The quantitative estimate of drug-likeness (QED) is 0.499. The topological polar surface area (TPSA) is 90.5 Å². The van der Waals surface area contributed by atoms with Crippen molar-refractivity contribution in [3.8, 4) is 0 Å². The molecule has 1 aliphatic rings.